The third kappa shape index (κ3) is 5.92. The van der Waals surface area contributed by atoms with Crippen LogP contribution < -0.4 is 15.0 Å². The van der Waals surface area contributed by atoms with Gasteiger partial charge in [0, 0.05) is 44.1 Å². The molecule has 0 saturated carbocycles. The molecule has 1 aliphatic heterocycles. The number of pyridine rings is 1. The van der Waals surface area contributed by atoms with Crippen LogP contribution in [-0.4, -0.2) is 77.3 Å². The number of rotatable bonds is 5. The van der Waals surface area contributed by atoms with Gasteiger partial charge in [-0.05, 0) is 39.0 Å². The van der Waals surface area contributed by atoms with Gasteiger partial charge < -0.3 is 24.6 Å². The van der Waals surface area contributed by atoms with Gasteiger partial charge in [-0.1, -0.05) is 23.2 Å². The molecule has 5 heterocycles. The Morgan fingerprint density at radius 2 is 1.74 bits per heavy atom. The van der Waals surface area contributed by atoms with Crippen LogP contribution in [0.25, 0.3) is 16.7 Å². The van der Waals surface area contributed by atoms with Crippen molar-refractivity contribution >= 4 is 63.4 Å². The third-order valence-corrected chi connectivity index (χ3v) is 6.87. The Bertz CT molecular complexity index is 1760. The van der Waals surface area contributed by atoms with E-state index in [1.165, 1.54) is 12.7 Å². The third-order valence-electron chi connectivity index (χ3n) is 6.31. The minimum atomic E-state index is -0.547. The maximum Gasteiger partial charge on any atom is 0.410 e. The van der Waals surface area contributed by atoms with E-state index in [9.17, 15) is 4.79 Å². The van der Waals surface area contributed by atoms with Crippen molar-refractivity contribution in [2.24, 2.45) is 0 Å². The molecule has 0 radical (unpaired) electrons. The largest absolute Gasteiger partial charge is 0.454 e. The quantitative estimate of drug-likeness (QED) is 0.276. The SMILES string of the molecule is CC(C)(C)OC(=O)N1CCN(c2ncc3ncnc(Nc4cc(Cl)c(Oc5ccn6ncnc6c5)c(Cl)c4)c3n2)CC1. The second kappa shape index (κ2) is 11.1. The fourth-order valence-corrected chi connectivity index (χ4v) is 4.91. The van der Waals surface area contributed by atoms with Crippen molar-refractivity contribution in [3.63, 3.8) is 0 Å². The summed E-state index contributed by atoms with van der Waals surface area (Å²) in [5, 5.41) is 7.90. The Morgan fingerprint density at radius 3 is 2.48 bits per heavy atom. The lowest BCUT2D eigenvalue weighted by Crippen LogP contribution is -2.50. The summed E-state index contributed by atoms with van der Waals surface area (Å²) in [5.74, 6) is 1.77. The highest BCUT2D eigenvalue weighted by Crippen LogP contribution is 2.40. The average molecular weight is 609 g/mol. The van der Waals surface area contributed by atoms with Gasteiger partial charge in [-0.15, -0.1) is 0 Å². The number of carbonyl (C=O) groups excluding carboxylic acids is 1. The Labute approximate surface area is 250 Å². The highest BCUT2D eigenvalue weighted by atomic mass is 35.5. The van der Waals surface area contributed by atoms with Gasteiger partial charge >= 0.3 is 6.09 Å². The molecule has 4 aromatic heterocycles. The minimum Gasteiger partial charge on any atom is -0.454 e. The van der Waals surface area contributed by atoms with Crippen LogP contribution in [0.3, 0.4) is 0 Å². The van der Waals surface area contributed by atoms with Gasteiger partial charge in [0.1, 0.15) is 35.0 Å². The molecule has 0 aliphatic carbocycles. The molecule has 1 fully saturated rings. The van der Waals surface area contributed by atoms with E-state index in [4.69, 9.17) is 37.7 Å². The van der Waals surface area contributed by atoms with E-state index in [0.717, 1.165) is 0 Å². The van der Waals surface area contributed by atoms with Gasteiger partial charge in [-0.2, -0.15) is 5.10 Å². The normalized spacial score (nSPS) is 13.9. The predicted octanol–water partition coefficient (Wildman–Crippen LogP) is 5.36. The zero-order chi connectivity index (χ0) is 29.4. The highest BCUT2D eigenvalue weighted by molar-refractivity contribution is 6.37. The fraction of sp³-hybridized carbons (Fsp3) is 0.296. The number of ether oxygens (including phenoxy) is 2. The minimum absolute atomic E-state index is 0.294. The van der Waals surface area contributed by atoms with E-state index in [1.54, 1.807) is 46.1 Å². The number of amides is 1. The highest BCUT2D eigenvalue weighted by Gasteiger charge is 2.27. The molecule has 0 bridgehead atoms. The van der Waals surface area contributed by atoms with Crippen molar-refractivity contribution in [3.8, 4) is 11.5 Å². The molecular weight excluding hydrogens is 583 g/mol. The topological polar surface area (TPSA) is 136 Å². The number of halogens is 2. The van der Waals surface area contributed by atoms with Crippen LogP contribution in [0.1, 0.15) is 20.8 Å². The van der Waals surface area contributed by atoms with Crippen molar-refractivity contribution < 1.29 is 14.3 Å². The number of aromatic nitrogens is 7. The van der Waals surface area contributed by atoms with Crippen LogP contribution in [-0.2, 0) is 4.74 Å². The first-order valence-electron chi connectivity index (χ1n) is 13.1. The molecule has 1 amide bonds. The summed E-state index contributed by atoms with van der Waals surface area (Å²) < 4.78 is 13.1. The molecule has 1 N–H and O–H groups in total. The molecule has 5 aromatic rings. The summed E-state index contributed by atoms with van der Waals surface area (Å²) in [6, 6.07) is 6.84. The smallest absolute Gasteiger partial charge is 0.410 e. The Balaban J connectivity index is 1.19. The van der Waals surface area contributed by atoms with Crippen LogP contribution in [0.4, 0.5) is 22.2 Å². The molecule has 216 valence electrons. The number of hydrogen-bond acceptors (Lipinski definition) is 11. The summed E-state index contributed by atoms with van der Waals surface area (Å²) in [6.45, 7) is 7.64. The number of nitrogens with one attached hydrogen (secondary N) is 1. The van der Waals surface area contributed by atoms with Gasteiger partial charge in [0.25, 0.3) is 0 Å². The molecule has 13 nitrogen and oxygen atoms in total. The standard InChI is InChI=1S/C27H26Cl2N10O3/c1-27(2,3)42-26(40)38-8-6-37(7-9-38)25-30-13-20-22(36-25)24(33-14-31-20)35-16-10-18(28)23(19(29)11-16)41-17-4-5-39-21(12-17)32-15-34-39/h4-5,10-15H,6-9H2,1-3H3,(H,31,33,35). The van der Waals surface area contributed by atoms with E-state index in [0.29, 0.717) is 81.9 Å². The van der Waals surface area contributed by atoms with E-state index >= 15 is 0 Å². The first-order valence-corrected chi connectivity index (χ1v) is 13.8. The summed E-state index contributed by atoms with van der Waals surface area (Å²) in [6.07, 6.45) is 5.93. The van der Waals surface area contributed by atoms with E-state index in [-0.39, 0.29) is 6.09 Å². The van der Waals surface area contributed by atoms with Crippen molar-refractivity contribution in [3.05, 3.63) is 59.4 Å². The Kier molecular flexibility index (Phi) is 7.29. The molecule has 1 aliphatic rings. The van der Waals surface area contributed by atoms with Crippen molar-refractivity contribution in [2.75, 3.05) is 36.4 Å². The fourth-order valence-electron chi connectivity index (χ4n) is 4.35. The summed E-state index contributed by atoms with van der Waals surface area (Å²) in [4.78, 5) is 38.3. The molecular formula is C27H26Cl2N10O3. The van der Waals surface area contributed by atoms with Crippen molar-refractivity contribution in [2.45, 2.75) is 26.4 Å². The molecule has 15 heteroatoms. The van der Waals surface area contributed by atoms with Crippen LogP contribution >= 0.6 is 23.2 Å². The van der Waals surface area contributed by atoms with Gasteiger partial charge in [0.05, 0.1) is 16.2 Å². The number of carbonyl (C=O) groups is 1. The van der Waals surface area contributed by atoms with Gasteiger partial charge in [-0.3, -0.25) is 0 Å². The lowest BCUT2D eigenvalue weighted by molar-refractivity contribution is 0.0240. The molecule has 1 saturated heterocycles. The Hall–Kier alpha value is -4.49. The second-order valence-electron chi connectivity index (χ2n) is 10.5. The summed E-state index contributed by atoms with van der Waals surface area (Å²) >= 11 is 13.2. The zero-order valence-corrected chi connectivity index (χ0v) is 24.5. The second-order valence-corrected chi connectivity index (χ2v) is 11.3. The number of nitrogens with zero attached hydrogens (tertiary/aromatic N) is 9. The van der Waals surface area contributed by atoms with Crippen LogP contribution in [0.2, 0.25) is 10.0 Å². The van der Waals surface area contributed by atoms with E-state index in [1.807, 2.05) is 25.7 Å². The first-order chi connectivity index (χ1) is 20.1. The van der Waals surface area contributed by atoms with E-state index < -0.39 is 5.60 Å². The molecule has 6 rings (SSSR count). The van der Waals surface area contributed by atoms with Gasteiger partial charge in [0.2, 0.25) is 5.95 Å². The number of hydrogen-bond donors (Lipinski definition) is 1. The zero-order valence-electron chi connectivity index (χ0n) is 23.0. The maximum atomic E-state index is 12.4. The van der Waals surface area contributed by atoms with Crippen molar-refractivity contribution in [1.29, 1.82) is 0 Å². The number of piperazine rings is 1. The van der Waals surface area contributed by atoms with Crippen molar-refractivity contribution in [1.82, 2.24) is 39.4 Å². The maximum absolute atomic E-state index is 12.4. The van der Waals surface area contributed by atoms with Gasteiger partial charge in [-0.25, -0.2) is 34.2 Å². The molecule has 42 heavy (non-hydrogen) atoms. The van der Waals surface area contributed by atoms with Crippen LogP contribution in [0.15, 0.2) is 49.3 Å². The molecule has 0 unspecified atom stereocenters. The summed E-state index contributed by atoms with van der Waals surface area (Å²) in [5.41, 5.74) is 1.74. The Morgan fingerprint density at radius 1 is 0.976 bits per heavy atom. The van der Waals surface area contributed by atoms with Crippen LogP contribution in [0.5, 0.6) is 11.5 Å². The predicted molar refractivity (Wildman–Crippen MR) is 158 cm³/mol. The lowest BCUT2D eigenvalue weighted by atomic mass is 10.2. The monoisotopic (exact) mass is 608 g/mol. The number of anilines is 3. The molecule has 0 spiro atoms. The van der Waals surface area contributed by atoms with E-state index in [2.05, 4.69) is 30.4 Å². The molecule has 0 atom stereocenters. The number of fused-ring (bicyclic) bond motifs is 2. The summed E-state index contributed by atoms with van der Waals surface area (Å²) in [7, 11) is 0. The first kappa shape index (κ1) is 27.7. The lowest BCUT2D eigenvalue weighted by Gasteiger charge is -2.35. The van der Waals surface area contributed by atoms with Gasteiger partial charge in [0.15, 0.2) is 17.2 Å². The van der Waals surface area contributed by atoms with Crippen LogP contribution in [0, 0.1) is 0 Å². The molecule has 1 aromatic carbocycles. The average Bonchev–Trinajstić information content (AvgIpc) is 3.42. The number of benzene rings is 1.